The molecule has 170 valence electrons. The van der Waals surface area contributed by atoms with Gasteiger partial charge in [-0.25, -0.2) is 4.79 Å². The summed E-state index contributed by atoms with van der Waals surface area (Å²) in [6.07, 6.45) is 1.49. The third-order valence-electron chi connectivity index (χ3n) is 4.37. The van der Waals surface area contributed by atoms with Crippen molar-refractivity contribution < 1.29 is 37.4 Å². The predicted molar refractivity (Wildman–Crippen MR) is 106 cm³/mol. The van der Waals surface area contributed by atoms with E-state index in [2.05, 4.69) is 15.5 Å². The van der Waals surface area contributed by atoms with Crippen molar-refractivity contribution in [3.63, 3.8) is 0 Å². The number of aliphatic carboxylic acids is 1. The molecule has 2 aliphatic rings. The lowest BCUT2D eigenvalue weighted by Gasteiger charge is -2.55. The molecule has 3 heterocycles. The van der Waals surface area contributed by atoms with Gasteiger partial charge in [-0.05, 0) is 17.3 Å². The van der Waals surface area contributed by atoms with Crippen LogP contribution in [0.5, 0.6) is 0 Å². The van der Waals surface area contributed by atoms with E-state index in [4.69, 9.17) is 4.74 Å². The van der Waals surface area contributed by atoms with Crippen LogP contribution in [0.4, 0.5) is 13.2 Å². The summed E-state index contributed by atoms with van der Waals surface area (Å²) in [5.74, 6) is -3.78. The highest BCUT2D eigenvalue weighted by atomic mass is 32.2. The Bertz CT molecular complexity index is 940. The number of carboxylic acids is 1. The first kappa shape index (κ1) is 23.7. The molecule has 2 amide bonds. The lowest BCUT2D eigenvalue weighted by Crippen LogP contribution is -2.80. The van der Waals surface area contributed by atoms with Crippen LogP contribution in [0.2, 0.25) is 0 Å². The van der Waals surface area contributed by atoms with E-state index in [-0.39, 0.29) is 17.2 Å². The Morgan fingerprint density at radius 2 is 2.19 bits per heavy atom. The lowest BCUT2D eigenvalue weighted by molar-refractivity contribution is -0.192. The summed E-state index contributed by atoms with van der Waals surface area (Å²) in [4.78, 5) is 37.7. The summed E-state index contributed by atoms with van der Waals surface area (Å²) < 4.78 is 43.9. The molecule has 1 fully saturated rings. The van der Waals surface area contributed by atoms with Gasteiger partial charge in [-0.2, -0.15) is 13.2 Å². The number of rotatable bonds is 8. The highest BCUT2D eigenvalue weighted by Crippen LogP contribution is 2.47. The maximum atomic E-state index is 12.8. The highest BCUT2D eigenvalue weighted by Gasteiger charge is 2.66. The Kier molecular flexibility index (Phi) is 6.83. The number of hydrogen-bond acceptors (Lipinski definition) is 9. The fourth-order valence-electron chi connectivity index (χ4n) is 3.00. The SMILES string of the molecule is CO[C@@]1(NC(=O)CSC(F)(F)F)C(=O)N2C(C(=O)O)=C(CSc3nncn3C)CS[C@H]21. The van der Waals surface area contributed by atoms with Crippen molar-refractivity contribution in [3.8, 4) is 0 Å². The zero-order valence-corrected chi connectivity index (χ0v) is 18.5. The lowest BCUT2D eigenvalue weighted by atomic mass is 9.98. The molecule has 2 aliphatic heterocycles. The number of nitrogens with zero attached hydrogens (tertiary/aromatic N) is 4. The van der Waals surface area contributed by atoms with Crippen LogP contribution >= 0.6 is 35.3 Å². The molecule has 31 heavy (non-hydrogen) atoms. The van der Waals surface area contributed by atoms with Crippen molar-refractivity contribution in [2.45, 2.75) is 21.8 Å². The van der Waals surface area contributed by atoms with E-state index in [1.807, 2.05) is 0 Å². The first-order valence-corrected chi connectivity index (χ1v) is 11.5. The number of amides is 2. The Balaban J connectivity index is 1.77. The fraction of sp³-hybridized carbons (Fsp3) is 0.533. The number of aryl methyl sites for hydroxylation is 1. The van der Waals surface area contributed by atoms with E-state index in [1.165, 1.54) is 18.1 Å². The van der Waals surface area contributed by atoms with Crippen LogP contribution in [0.15, 0.2) is 22.8 Å². The molecule has 2 N–H and O–H groups in total. The smallest absolute Gasteiger partial charge is 0.442 e. The Morgan fingerprint density at radius 3 is 2.74 bits per heavy atom. The number of ether oxygens (including phenoxy) is 1. The van der Waals surface area contributed by atoms with Gasteiger partial charge < -0.3 is 19.7 Å². The number of carbonyl (C=O) groups excluding carboxylic acids is 2. The molecule has 0 aliphatic carbocycles. The number of hydrogen-bond donors (Lipinski definition) is 2. The molecule has 10 nitrogen and oxygen atoms in total. The van der Waals surface area contributed by atoms with Crippen LogP contribution in [-0.4, -0.2) is 83.5 Å². The molecule has 0 bridgehead atoms. The second-order valence-electron chi connectivity index (χ2n) is 6.33. The van der Waals surface area contributed by atoms with E-state index in [0.29, 0.717) is 10.7 Å². The minimum absolute atomic E-state index is 0.208. The zero-order valence-electron chi connectivity index (χ0n) is 16.0. The van der Waals surface area contributed by atoms with Crippen molar-refractivity contribution in [1.29, 1.82) is 0 Å². The quantitative estimate of drug-likeness (QED) is 0.302. The van der Waals surface area contributed by atoms with Crippen molar-refractivity contribution >= 4 is 53.1 Å². The van der Waals surface area contributed by atoms with Gasteiger partial charge in [-0.3, -0.25) is 14.5 Å². The van der Waals surface area contributed by atoms with Gasteiger partial charge >= 0.3 is 11.5 Å². The Morgan fingerprint density at radius 1 is 1.48 bits per heavy atom. The number of carboxylic acid groups (broad SMARTS) is 1. The minimum Gasteiger partial charge on any atom is -0.477 e. The van der Waals surface area contributed by atoms with Crippen molar-refractivity contribution in [3.05, 3.63) is 17.6 Å². The maximum absolute atomic E-state index is 12.8. The molecule has 3 rings (SSSR count). The second-order valence-corrected chi connectivity index (χ2v) is 9.38. The number of nitrogens with one attached hydrogen (secondary N) is 1. The topological polar surface area (TPSA) is 127 Å². The van der Waals surface area contributed by atoms with Crippen LogP contribution in [0.25, 0.3) is 0 Å². The molecular formula is C15H16F3N5O5S3. The molecule has 1 saturated heterocycles. The molecule has 0 saturated carbocycles. The average molecular weight is 500 g/mol. The number of halogens is 3. The minimum atomic E-state index is -4.61. The molecule has 2 atom stereocenters. The van der Waals surface area contributed by atoms with Crippen molar-refractivity contribution in [1.82, 2.24) is 25.0 Å². The summed E-state index contributed by atoms with van der Waals surface area (Å²) in [6, 6.07) is 0. The van der Waals surface area contributed by atoms with Crippen LogP contribution in [-0.2, 0) is 26.2 Å². The average Bonchev–Trinajstić information content (AvgIpc) is 3.11. The first-order valence-electron chi connectivity index (χ1n) is 8.44. The number of fused-ring (bicyclic) bond motifs is 1. The number of thioether (sulfide) groups is 3. The van der Waals surface area contributed by atoms with Gasteiger partial charge in [0.15, 0.2) is 5.16 Å². The van der Waals surface area contributed by atoms with E-state index >= 15 is 0 Å². The van der Waals surface area contributed by atoms with Gasteiger partial charge in [0.2, 0.25) is 5.91 Å². The fourth-order valence-corrected chi connectivity index (χ4v) is 5.83. The normalized spacial score (nSPS) is 23.5. The van der Waals surface area contributed by atoms with E-state index < -0.39 is 51.9 Å². The summed E-state index contributed by atoms with van der Waals surface area (Å²) in [6.45, 7) is 0. The van der Waals surface area contributed by atoms with Gasteiger partial charge in [0, 0.05) is 25.7 Å². The Labute approximate surface area is 186 Å². The van der Waals surface area contributed by atoms with Gasteiger partial charge in [0.25, 0.3) is 11.6 Å². The molecule has 1 aromatic heterocycles. The van der Waals surface area contributed by atoms with Crippen LogP contribution in [0, 0.1) is 0 Å². The molecule has 0 radical (unpaired) electrons. The number of methoxy groups -OCH3 is 1. The van der Waals surface area contributed by atoms with Gasteiger partial charge in [-0.15, -0.1) is 22.0 Å². The standard InChI is InChI=1S/C15H16F3N5O5S3/c1-22-6-19-21-13(22)30-4-7-3-29-12-14(28-2,11(27)23(12)9(7)10(25)26)20-8(24)5-31-15(16,17)18/h6,12H,3-5H2,1-2H3,(H,20,24)(H,25,26)/t12-,14-/m0/s1. The summed E-state index contributed by atoms with van der Waals surface area (Å²) >= 11 is 1.84. The van der Waals surface area contributed by atoms with Crippen molar-refractivity contribution in [2.75, 3.05) is 24.4 Å². The van der Waals surface area contributed by atoms with E-state index in [1.54, 1.807) is 11.6 Å². The molecular weight excluding hydrogens is 483 g/mol. The predicted octanol–water partition coefficient (Wildman–Crippen LogP) is 0.873. The number of alkyl halides is 3. The number of β-lactam (4-membered cyclic amide) rings is 1. The maximum Gasteiger partial charge on any atom is 0.442 e. The first-order chi connectivity index (χ1) is 14.5. The summed E-state index contributed by atoms with van der Waals surface area (Å²) in [5, 5.41) is 19.2. The number of carbonyl (C=O) groups is 3. The molecule has 1 aromatic rings. The summed E-state index contributed by atoms with van der Waals surface area (Å²) in [7, 11) is 2.85. The molecule has 0 spiro atoms. The van der Waals surface area contributed by atoms with Crippen molar-refractivity contribution in [2.24, 2.45) is 7.05 Å². The second kappa shape index (κ2) is 8.91. The largest absolute Gasteiger partial charge is 0.477 e. The molecule has 0 aromatic carbocycles. The third kappa shape index (κ3) is 4.65. The van der Waals surface area contributed by atoms with Gasteiger partial charge in [0.05, 0.1) is 5.75 Å². The molecule has 16 heteroatoms. The van der Waals surface area contributed by atoms with Gasteiger partial charge in [0.1, 0.15) is 17.4 Å². The van der Waals surface area contributed by atoms with Gasteiger partial charge in [-0.1, -0.05) is 11.8 Å². The third-order valence-corrected chi connectivity index (χ3v) is 7.60. The summed E-state index contributed by atoms with van der Waals surface area (Å²) in [5.41, 5.74) is -6.33. The van der Waals surface area contributed by atoms with E-state index in [0.717, 1.165) is 23.8 Å². The molecule has 0 unspecified atom stereocenters. The monoisotopic (exact) mass is 499 g/mol. The number of aromatic nitrogens is 3. The van der Waals surface area contributed by atoms with E-state index in [9.17, 15) is 32.7 Å². The Hall–Kier alpha value is -1.91. The van der Waals surface area contributed by atoms with Crippen LogP contribution < -0.4 is 5.32 Å². The highest BCUT2D eigenvalue weighted by molar-refractivity contribution is 8.01. The van der Waals surface area contributed by atoms with Crippen LogP contribution in [0.1, 0.15) is 0 Å². The van der Waals surface area contributed by atoms with Crippen LogP contribution in [0.3, 0.4) is 0 Å². The zero-order chi connectivity index (χ0) is 23.0.